The van der Waals surface area contributed by atoms with Crippen molar-refractivity contribution in [2.45, 2.75) is 26.2 Å². The molecule has 0 radical (unpaired) electrons. The molecule has 0 heterocycles. The fourth-order valence-corrected chi connectivity index (χ4v) is 1.86. The SMILES string of the molecule is CC(C)(C)c1ccc(Oc2ccc(C(=N)N)cc2)cc1.Cl. The highest BCUT2D eigenvalue weighted by Gasteiger charge is 2.13. The van der Waals surface area contributed by atoms with E-state index >= 15 is 0 Å². The molecule has 2 aromatic rings. The predicted octanol–water partition coefficient (Wildman–Crippen LogP) is 4.48. The molecule has 4 heteroatoms. The van der Waals surface area contributed by atoms with Gasteiger partial charge in [-0.25, -0.2) is 0 Å². The molecule has 0 spiro atoms. The van der Waals surface area contributed by atoms with Gasteiger partial charge in [0.2, 0.25) is 0 Å². The maximum atomic E-state index is 7.35. The maximum absolute atomic E-state index is 7.35. The Morgan fingerprint density at radius 3 is 1.71 bits per heavy atom. The van der Waals surface area contributed by atoms with E-state index < -0.39 is 0 Å². The summed E-state index contributed by atoms with van der Waals surface area (Å²) in [6, 6.07) is 15.3. The predicted molar refractivity (Wildman–Crippen MR) is 89.9 cm³/mol. The zero-order chi connectivity index (χ0) is 14.8. The largest absolute Gasteiger partial charge is 0.457 e. The van der Waals surface area contributed by atoms with Gasteiger partial charge in [0.15, 0.2) is 0 Å². The summed E-state index contributed by atoms with van der Waals surface area (Å²) < 4.78 is 5.77. The minimum atomic E-state index is 0. The highest BCUT2D eigenvalue weighted by molar-refractivity contribution is 5.94. The van der Waals surface area contributed by atoms with Crippen LogP contribution < -0.4 is 10.5 Å². The van der Waals surface area contributed by atoms with Gasteiger partial charge in [-0.3, -0.25) is 5.41 Å². The second-order valence-corrected chi connectivity index (χ2v) is 5.81. The molecule has 21 heavy (non-hydrogen) atoms. The number of halogens is 1. The quantitative estimate of drug-likeness (QED) is 0.648. The van der Waals surface area contributed by atoms with Crippen LogP contribution in [0.1, 0.15) is 31.9 Å². The van der Waals surface area contributed by atoms with Crippen LogP contribution in [0.15, 0.2) is 48.5 Å². The molecule has 0 unspecified atom stereocenters. The summed E-state index contributed by atoms with van der Waals surface area (Å²) in [5, 5.41) is 7.35. The second kappa shape index (κ2) is 6.64. The first-order chi connectivity index (χ1) is 9.36. The summed E-state index contributed by atoms with van der Waals surface area (Å²) in [5.41, 5.74) is 7.53. The van der Waals surface area contributed by atoms with Crippen LogP contribution in [0.3, 0.4) is 0 Å². The number of nitrogen functional groups attached to an aromatic ring is 1. The molecule has 3 nitrogen and oxygen atoms in total. The molecular formula is C17H21ClN2O. The van der Waals surface area contributed by atoms with E-state index in [0.717, 1.165) is 11.5 Å². The number of benzene rings is 2. The number of nitrogens with one attached hydrogen (secondary N) is 1. The molecule has 0 aromatic heterocycles. The van der Waals surface area contributed by atoms with Crippen LogP contribution in [0.25, 0.3) is 0 Å². The number of hydrogen-bond acceptors (Lipinski definition) is 2. The molecule has 0 fully saturated rings. The second-order valence-electron chi connectivity index (χ2n) is 5.81. The molecule has 2 rings (SSSR count). The maximum Gasteiger partial charge on any atom is 0.127 e. The molecule has 0 saturated carbocycles. The van der Waals surface area contributed by atoms with Gasteiger partial charge in [-0.05, 0) is 47.4 Å². The van der Waals surface area contributed by atoms with Gasteiger partial charge >= 0.3 is 0 Å². The average molecular weight is 305 g/mol. The summed E-state index contributed by atoms with van der Waals surface area (Å²) in [6.07, 6.45) is 0. The van der Waals surface area contributed by atoms with Gasteiger partial charge in [0.05, 0.1) is 0 Å². The van der Waals surface area contributed by atoms with Crippen molar-refractivity contribution in [2.75, 3.05) is 0 Å². The molecule has 0 saturated heterocycles. The van der Waals surface area contributed by atoms with Crippen molar-refractivity contribution in [3.8, 4) is 11.5 Å². The number of nitrogens with two attached hydrogens (primary N) is 1. The van der Waals surface area contributed by atoms with Gasteiger partial charge in [0, 0.05) is 5.56 Å². The Bertz CT molecular complexity index is 598. The smallest absolute Gasteiger partial charge is 0.127 e. The van der Waals surface area contributed by atoms with Crippen LogP contribution in [0, 0.1) is 5.41 Å². The Balaban J connectivity index is 0.00000220. The van der Waals surface area contributed by atoms with E-state index in [1.807, 2.05) is 24.3 Å². The zero-order valence-electron chi connectivity index (χ0n) is 12.5. The minimum absolute atomic E-state index is 0. The van der Waals surface area contributed by atoms with E-state index in [4.69, 9.17) is 15.9 Å². The van der Waals surface area contributed by atoms with Crippen LogP contribution in [-0.2, 0) is 5.41 Å². The van der Waals surface area contributed by atoms with E-state index in [9.17, 15) is 0 Å². The third-order valence-electron chi connectivity index (χ3n) is 3.12. The highest BCUT2D eigenvalue weighted by Crippen LogP contribution is 2.27. The lowest BCUT2D eigenvalue weighted by molar-refractivity contribution is 0.481. The van der Waals surface area contributed by atoms with Crippen molar-refractivity contribution in [2.24, 2.45) is 5.73 Å². The van der Waals surface area contributed by atoms with Crippen molar-refractivity contribution < 1.29 is 4.74 Å². The number of hydrogen-bond donors (Lipinski definition) is 2. The first-order valence-electron chi connectivity index (χ1n) is 6.59. The summed E-state index contributed by atoms with van der Waals surface area (Å²) in [4.78, 5) is 0. The van der Waals surface area contributed by atoms with Gasteiger partial charge in [0.25, 0.3) is 0 Å². The first-order valence-corrected chi connectivity index (χ1v) is 6.59. The monoisotopic (exact) mass is 304 g/mol. The number of ether oxygens (including phenoxy) is 1. The van der Waals surface area contributed by atoms with Gasteiger partial charge in [-0.2, -0.15) is 0 Å². The Morgan fingerprint density at radius 1 is 0.905 bits per heavy atom. The van der Waals surface area contributed by atoms with E-state index in [0.29, 0.717) is 5.56 Å². The number of amidine groups is 1. The molecular weight excluding hydrogens is 284 g/mol. The minimum Gasteiger partial charge on any atom is -0.457 e. The first kappa shape index (κ1) is 17.1. The summed E-state index contributed by atoms with van der Waals surface area (Å²) in [7, 11) is 0. The third-order valence-corrected chi connectivity index (χ3v) is 3.12. The van der Waals surface area contributed by atoms with Gasteiger partial charge in [0.1, 0.15) is 17.3 Å². The third kappa shape index (κ3) is 4.50. The van der Waals surface area contributed by atoms with Gasteiger partial charge in [-0.15, -0.1) is 12.4 Å². The Morgan fingerprint density at radius 2 is 1.33 bits per heavy atom. The standard InChI is InChI=1S/C17H20N2O.ClH/c1-17(2,3)13-6-10-15(11-7-13)20-14-8-4-12(5-9-14)16(18)19;/h4-11H,1-3H3,(H3,18,19);1H. The topological polar surface area (TPSA) is 59.1 Å². The van der Waals surface area contributed by atoms with E-state index in [1.165, 1.54) is 5.56 Å². The van der Waals surface area contributed by atoms with Crippen molar-refractivity contribution in [3.05, 3.63) is 59.7 Å². The molecule has 0 amide bonds. The van der Waals surface area contributed by atoms with Crippen LogP contribution in [0.2, 0.25) is 0 Å². The number of rotatable bonds is 3. The van der Waals surface area contributed by atoms with E-state index in [-0.39, 0.29) is 23.7 Å². The van der Waals surface area contributed by atoms with Gasteiger partial charge < -0.3 is 10.5 Å². The van der Waals surface area contributed by atoms with Gasteiger partial charge in [-0.1, -0.05) is 32.9 Å². The molecule has 3 N–H and O–H groups in total. The van der Waals surface area contributed by atoms with Crippen molar-refractivity contribution in [3.63, 3.8) is 0 Å². The Labute approximate surface area is 132 Å². The molecule has 2 aromatic carbocycles. The van der Waals surface area contributed by atoms with E-state index in [1.54, 1.807) is 12.1 Å². The lowest BCUT2D eigenvalue weighted by atomic mass is 9.87. The highest BCUT2D eigenvalue weighted by atomic mass is 35.5. The van der Waals surface area contributed by atoms with E-state index in [2.05, 4.69) is 32.9 Å². The molecule has 112 valence electrons. The zero-order valence-corrected chi connectivity index (χ0v) is 13.3. The molecule has 0 aliphatic carbocycles. The summed E-state index contributed by atoms with van der Waals surface area (Å²) in [6.45, 7) is 6.55. The lowest BCUT2D eigenvalue weighted by Gasteiger charge is -2.19. The average Bonchev–Trinajstić information content (AvgIpc) is 2.39. The van der Waals surface area contributed by atoms with Crippen molar-refractivity contribution >= 4 is 18.2 Å². The molecule has 0 atom stereocenters. The fraction of sp³-hybridized carbons (Fsp3) is 0.235. The summed E-state index contributed by atoms with van der Waals surface area (Å²) >= 11 is 0. The van der Waals surface area contributed by atoms with Crippen molar-refractivity contribution in [1.82, 2.24) is 0 Å². The van der Waals surface area contributed by atoms with Crippen LogP contribution in [-0.4, -0.2) is 5.84 Å². The molecule has 0 bridgehead atoms. The summed E-state index contributed by atoms with van der Waals surface area (Å²) in [5.74, 6) is 1.60. The van der Waals surface area contributed by atoms with Crippen LogP contribution >= 0.6 is 12.4 Å². The van der Waals surface area contributed by atoms with Crippen LogP contribution in [0.5, 0.6) is 11.5 Å². The molecule has 0 aliphatic heterocycles. The molecule has 0 aliphatic rings. The normalized spacial score (nSPS) is 10.6. The fourth-order valence-electron chi connectivity index (χ4n) is 1.86. The van der Waals surface area contributed by atoms with Crippen LogP contribution in [0.4, 0.5) is 0 Å². The Kier molecular flexibility index (Phi) is 5.39. The lowest BCUT2D eigenvalue weighted by Crippen LogP contribution is -2.10. The Hall–Kier alpha value is -2.00. The van der Waals surface area contributed by atoms with Crippen molar-refractivity contribution in [1.29, 1.82) is 5.41 Å².